The van der Waals surface area contributed by atoms with Crippen LogP contribution in [-0.4, -0.2) is 31.3 Å². The van der Waals surface area contributed by atoms with Crippen molar-refractivity contribution in [3.05, 3.63) is 88.5 Å². The van der Waals surface area contributed by atoms with E-state index in [2.05, 4.69) is 10.5 Å². The Bertz CT molecular complexity index is 1170. The average Bonchev–Trinajstić information content (AvgIpc) is 2.79. The quantitative estimate of drug-likeness (QED) is 0.215. The molecule has 0 fully saturated rings. The molecule has 3 aromatic rings. The normalized spacial score (nSPS) is 10.7. The third kappa shape index (κ3) is 7.20. The number of aryl methyl sites for hydroxylation is 3. The van der Waals surface area contributed by atoms with Crippen LogP contribution in [0.5, 0.6) is 17.2 Å². The molecular weight excluding hydrogens is 432 g/mol. The molecule has 0 spiro atoms. The lowest BCUT2D eigenvalue weighted by molar-refractivity contribution is -0.123. The highest BCUT2D eigenvalue weighted by Crippen LogP contribution is 2.29. The maximum Gasteiger partial charge on any atom is 0.343 e. The van der Waals surface area contributed by atoms with E-state index in [1.165, 1.54) is 6.21 Å². The summed E-state index contributed by atoms with van der Waals surface area (Å²) in [5.41, 5.74) is 6.72. The number of hydrazone groups is 1. The van der Waals surface area contributed by atoms with Crippen LogP contribution in [0.25, 0.3) is 0 Å². The number of hydrogen-bond donors (Lipinski definition) is 1. The molecule has 7 heteroatoms. The molecule has 0 bridgehead atoms. The second-order valence-corrected chi connectivity index (χ2v) is 7.80. The van der Waals surface area contributed by atoms with Crippen LogP contribution in [0.4, 0.5) is 0 Å². The fraction of sp³-hybridized carbons (Fsp3) is 0.222. The molecule has 0 saturated heterocycles. The molecule has 0 unspecified atom stereocenters. The lowest BCUT2D eigenvalue weighted by atomic mass is 10.1. The van der Waals surface area contributed by atoms with Crippen molar-refractivity contribution in [3.8, 4) is 17.2 Å². The highest BCUT2D eigenvalue weighted by atomic mass is 16.6. The first-order valence-corrected chi connectivity index (χ1v) is 10.9. The first-order chi connectivity index (χ1) is 16.3. The van der Waals surface area contributed by atoms with E-state index in [1.807, 2.05) is 58.0 Å². The minimum absolute atomic E-state index is 0.154. The number of ether oxygens (including phenoxy) is 3. The fourth-order valence-corrected chi connectivity index (χ4v) is 3.18. The van der Waals surface area contributed by atoms with Crippen LogP contribution in [0, 0.1) is 20.8 Å². The van der Waals surface area contributed by atoms with Gasteiger partial charge in [-0.05, 0) is 86.8 Å². The van der Waals surface area contributed by atoms with E-state index < -0.39 is 5.97 Å². The van der Waals surface area contributed by atoms with Crippen molar-refractivity contribution < 1.29 is 23.8 Å². The van der Waals surface area contributed by atoms with Crippen molar-refractivity contribution >= 4 is 18.1 Å². The number of carbonyl (C=O) groups excluding carboxylic acids is 2. The zero-order chi connectivity index (χ0) is 24.5. The molecule has 0 atom stereocenters. The largest absolute Gasteiger partial charge is 0.490 e. The number of nitrogens with one attached hydrogen (secondary N) is 1. The highest BCUT2D eigenvalue weighted by molar-refractivity contribution is 5.91. The number of hydrogen-bond acceptors (Lipinski definition) is 6. The highest BCUT2D eigenvalue weighted by Gasteiger charge is 2.13. The van der Waals surface area contributed by atoms with Gasteiger partial charge >= 0.3 is 5.97 Å². The van der Waals surface area contributed by atoms with E-state index in [-0.39, 0.29) is 12.5 Å². The van der Waals surface area contributed by atoms with E-state index in [0.717, 1.165) is 16.7 Å². The molecule has 0 saturated carbocycles. The molecule has 1 amide bonds. The Morgan fingerprint density at radius 3 is 2.24 bits per heavy atom. The predicted octanol–water partition coefficient (Wildman–Crippen LogP) is 4.76. The molecule has 0 heterocycles. The molecule has 0 aliphatic carbocycles. The summed E-state index contributed by atoms with van der Waals surface area (Å²) in [4.78, 5) is 24.5. The van der Waals surface area contributed by atoms with Gasteiger partial charge in [0.2, 0.25) is 0 Å². The van der Waals surface area contributed by atoms with Crippen molar-refractivity contribution in [2.45, 2.75) is 27.7 Å². The van der Waals surface area contributed by atoms with Crippen molar-refractivity contribution in [2.24, 2.45) is 5.10 Å². The van der Waals surface area contributed by atoms with Gasteiger partial charge in [-0.15, -0.1) is 0 Å². The SMILES string of the molecule is CCOc1cc(/C=N/NC(=O)COc2cc(C)cc(C)c2)ccc1OC(=O)c1ccc(C)cc1. The number of amides is 1. The standard InChI is InChI=1S/C27H28N2O5/c1-5-32-25-15-21(8-11-24(25)34-27(31)22-9-6-18(2)7-10-22)16-28-29-26(30)17-33-23-13-19(3)12-20(4)14-23/h6-16H,5,17H2,1-4H3,(H,29,30)/b28-16+. The van der Waals surface area contributed by atoms with Gasteiger partial charge in [0, 0.05) is 0 Å². The summed E-state index contributed by atoms with van der Waals surface area (Å²) >= 11 is 0. The van der Waals surface area contributed by atoms with Gasteiger partial charge in [0.1, 0.15) is 5.75 Å². The van der Waals surface area contributed by atoms with Gasteiger partial charge in [0.25, 0.3) is 5.91 Å². The van der Waals surface area contributed by atoms with E-state index in [0.29, 0.717) is 35.0 Å². The molecule has 0 aliphatic heterocycles. The second kappa shape index (κ2) is 11.7. The molecule has 176 valence electrons. The summed E-state index contributed by atoms with van der Waals surface area (Å²) < 4.78 is 16.7. The fourth-order valence-electron chi connectivity index (χ4n) is 3.18. The lowest BCUT2D eigenvalue weighted by Gasteiger charge is -2.11. The molecule has 0 aliphatic rings. The maximum absolute atomic E-state index is 12.5. The minimum atomic E-state index is -0.474. The summed E-state index contributed by atoms with van der Waals surface area (Å²) in [5.74, 6) is 0.475. The molecular formula is C27H28N2O5. The number of rotatable bonds is 9. The molecule has 7 nitrogen and oxygen atoms in total. The predicted molar refractivity (Wildman–Crippen MR) is 131 cm³/mol. The Morgan fingerprint density at radius 2 is 1.56 bits per heavy atom. The second-order valence-electron chi connectivity index (χ2n) is 7.80. The molecule has 1 N–H and O–H groups in total. The monoisotopic (exact) mass is 460 g/mol. The van der Waals surface area contributed by atoms with Gasteiger partial charge in [0.05, 0.1) is 18.4 Å². The Morgan fingerprint density at radius 1 is 0.853 bits per heavy atom. The zero-order valence-corrected chi connectivity index (χ0v) is 19.8. The summed E-state index contributed by atoms with van der Waals surface area (Å²) in [6.07, 6.45) is 1.48. The van der Waals surface area contributed by atoms with Gasteiger partial charge in [-0.1, -0.05) is 23.8 Å². The Hall–Kier alpha value is -4.13. The maximum atomic E-state index is 12.5. The summed E-state index contributed by atoms with van der Waals surface area (Å²) in [5, 5.41) is 3.97. The van der Waals surface area contributed by atoms with Crippen LogP contribution >= 0.6 is 0 Å². The molecule has 0 radical (unpaired) electrons. The smallest absolute Gasteiger partial charge is 0.343 e. The summed E-state index contributed by atoms with van der Waals surface area (Å²) in [6, 6.07) is 17.9. The lowest BCUT2D eigenvalue weighted by Crippen LogP contribution is -2.24. The first kappa shape index (κ1) is 24.5. The van der Waals surface area contributed by atoms with E-state index in [9.17, 15) is 9.59 Å². The number of esters is 1. The Balaban J connectivity index is 1.59. The van der Waals surface area contributed by atoms with E-state index in [4.69, 9.17) is 14.2 Å². The van der Waals surface area contributed by atoms with Crippen LogP contribution in [0.2, 0.25) is 0 Å². The van der Waals surface area contributed by atoms with Crippen molar-refractivity contribution in [2.75, 3.05) is 13.2 Å². The van der Waals surface area contributed by atoms with Crippen LogP contribution in [0.15, 0.2) is 65.8 Å². The molecule has 3 aromatic carbocycles. The van der Waals surface area contributed by atoms with Crippen molar-refractivity contribution in [1.29, 1.82) is 0 Å². The Labute approximate surface area is 199 Å². The van der Waals surface area contributed by atoms with Crippen LogP contribution < -0.4 is 19.6 Å². The third-order valence-corrected chi connectivity index (χ3v) is 4.73. The summed E-state index contributed by atoms with van der Waals surface area (Å²) in [6.45, 7) is 7.96. The zero-order valence-electron chi connectivity index (χ0n) is 19.8. The van der Waals surface area contributed by atoms with Crippen LogP contribution in [0.1, 0.15) is 39.5 Å². The number of nitrogens with zero attached hydrogens (tertiary/aromatic N) is 1. The summed E-state index contributed by atoms with van der Waals surface area (Å²) in [7, 11) is 0. The van der Waals surface area contributed by atoms with Crippen LogP contribution in [-0.2, 0) is 4.79 Å². The number of carbonyl (C=O) groups is 2. The van der Waals surface area contributed by atoms with Gasteiger partial charge in [0.15, 0.2) is 18.1 Å². The van der Waals surface area contributed by atoms with E-state index in [1.54, 1.807) is 30.3 Å². The molecule has 34 heavy (non-hydrogen) atoms. The first-order valence-electron chi connectivity index (χ1n) is 10.9. The number of benzene rings is 3. The van der Waals surface area contributed by atoms with Gasteiger partial charge in [-0.25, -0.2) is 10.2 Å². The topological polar surface area (TPSA) is 86.2 Å². The molecule has 3 rings (SSSR count). The van der Waals surface area contributed by atoms with Crippen molar-refractivity contribution in [1.82, 2.24) is 5.43 Å². The van der Waals surface area contributed by atoms with Gasteiger partial charge < -0.3 is 14.2 Å². The minimum Gasteiger partial charge on any atom is -0.490 e. The van der Waals surface area contributed by atoms with Gasteiger partial charge in [-0.2, -0.15) is 5.10 Å². The molecule has 0 aromatic heterocycles. The van der Waals surface area contributed by atoms with E-state index >= 15 is 0 Å². The van der Waals surface area contributed by atoms with Crippen LogP contribution in [0.3, 0.4) is 0 Å². The Kier molecular flexibility index (Phi) is 8.40. The van der Waals surface area contributed by atoms with Gasteiger partial charge in [-0.3, -0.25) is 4.79 Å². The third-order valence-electron chi connectivity index (χ3n) is 4.73. The average molecular weight is 461 g/mol. The van der Waals surface area contributed by atoms with Crippen molar-refractivity contribution in [3.63, 3.8) is 0 Å².